The van der Waals surface area contributed by atoms with E-state index >= 15 is 0 Å². The molecule has 1 aromatic carbocycles. The maximum absolute atomic E-state index is 9.48. The summed E-state index contributed by atoms with van der Waals surface area (Å²) in [6, 6.07) is 7.65. The summed E-state index contributed by atoms with van der Waals surface area (Å²) in [5.74, 6) is 0.141. The largest absolute Gasteiger partial charge is 0.409 e. The van der Waals surface area contributed by atoms with Gasteiger partial charge < -0.3 is 16.0 Å². The van der Waals surface area contributed by atoms with Crippen molar-refractivity contribution < 1.29 is 10.3 Å². The first-order chi connectivity index (χ1) is 8.70. The van der Waals surface area contributed by atoms with Gasteiger partial charge in [-0.1, -0.05) is 29.4 Å². The summed E-state index contributed by atoms with van der Waals surface area (Å²) >= 11 is 0. The normalized spacial score (nSPS) is 19.1. The number of aliphatic hydroxyl groups is 1. The third-order valence-electron chi connectivity index (χ3n) is 3.35. The summed E-state index contributed by atoms with van der Waals surface area (Å²) in [5.41, 5.74) is 7.48. The SMILES string of the molecule is N/C(=N\O)c1ccccc1CN1CCC(O)CC1. The Kier molecular flexibility index (Phi) is 4.17. The topological polar surface area (TPSA) is 82.1 Å². The van der Waals surface area contributed by atoms with Crippen LogP contribution in [0, 0.1) is 0 Å². The lowest BCUT2D eigenvalue weighted by molar-refractivity contribution is 0.0792. The molecular formula is C13H19N3O2. The van der Waals surface area contributed by atoms with Crippen LogP contribution < -0.4 is 5.73 Å². The highest BCUT2D eigenvalue weighted by Gasteiger charge is 2.18. The predicted molar refractivity (Wildman–Crippen MR) is 69.5 cm³/mol. The molecule has 1 aliphatic heterocycles. The van der Waals surface area contributed by atoms with Crippen molar-refractivity contribution in [2.24, 2.45) is 10.9 Å². The van der Waals surface area contributed by atoms with Crippen molar-refractivity contribution in [3.05, 3.63) is 35.4 Å². The minimum absolute atomic E-state index is 0.141. The number of rotatable bonds is 3. The molecule has 18 heavy (non-hydrogen) atoms. The average Bonchev–Trinajstić information content (AvgIpc) is 2.41. The standard InChI is InChI=1S/C13H19N3O2/c14-13(15-18)12-4-2-1-3-10(12)9-16-7-5-11(17)6-8-16/h1-4,11,17-18H,5-9H2,(H2,14,15). The second kappa shape index (κ2) is 5.84. The fourth-order valence-corrected chi connectivity index (χ4v) is 2.28. The molecule has 0 unspecified atom stereocenters. The van der Waals surface area contributed by atoms with E-state index in [1.807, 2.05) is 24.3 Å². The van der Waals surface area contributed by atoms with E-state index in [0.717, 1.165) is 43.6 Å². The van der Waals surface area contributed by atoms with Gasteiger partial charge in [0.1, 0.15) is 0 Å². The van der Waals surface area contributed by atoms with Gasteiger partial charge in [-0.05, 0) is 18.4 Å². The van der Waals surface area contributed by atoms with Gasteiger partial charge in [0.2, 0.25) is 0 Å². The van der Waals surface area contributed by atoms with Crippen molar-refractivity contribution in [1.29, 1.82) is 0 Å². The zero-order valence-electron chi connectivity index (χ0n) is 10.3. The smallest absolute Gasteiger partial charge is 0.170 e. The molecular weight excluding hydrogens is 230 g/mol. The molecule has 4 N–H and O–H groups in total. The summed E-state index contributed by atoms with van der Waals surface area (Å²) in [6.45, 7) is 2.52. The number of hydrogen-bond donors (Lipinski definition) is 3. The molecule has 0 radical (unpaired) electrons. The zero-order chi connectivity index (χ0) is 13.0. The quantitative estimate of drug-likeness (QED) is 0.319. The molecule has 5 heteroatoms. The van der Waals surface area contributed by atoms with Gasteiger partial charge in [0.05, 0.1) is 6.10 Å². The Morgan fingerprint density at radius 1 is 1.33 bits per heavy atom. The molecule has 1 aromatic rings. The van der Waals surface area contributed by atoms with E-state index in [0.29, 0.717) is 0 Å². The first-order valence-corrected chi connectivity index (χ1v) is 6.17. The number of aliphatic hydroxyl groups excluding tert-OH is 1. The van der Waals surface area contributed by atoms with Crippen LogP contribution >= 0.6 is 0 Å². The molecule has 98 valence electrons. The molecule has 1 fully saturated rings. The molecule has 0 aliphatic carbocycles. The van der Waals surface area contributed by atoms with Crippen molar-refractivity contribution in [2.45, 2.75) is 25.5 Å². The van der Waals surface area contributed by atoms with Gasteiger partial charge in [-0.25, -0.2) is 0 Å². The van der Waals surface area contributed by atoms with Crippen molar-refractivity contribution in [1.82, 2.24) is 4.90 Å². The Morgan fingerprint density at radius 2 is 2.00 bits per heavy atom. The third kappa shape index (κ3) is 3.00. The minimum atomic E-state index is -0.166. The summed E-state index contributed by atoms with van der Waals surface area (Å²) in [6.07, 6.45) is 1.46. The van der Waals surface area contributed by atoms with E-state index in [1.165, 1.54) is 0 Å². The van der Waals surface area contributed by atoms with Crippen molar-refractivity contribution in [3.8, 4) is 0 Å². The van der Waals surface area contributed by atoms with E-state index in [2.05, 4.69) is 10.1 Å². The minimum Gasteiger partial charge on any atom is -0.409 e. The molecule has 0 aromatic heterocycles. The van der Waals surface area contributed by atoms with Crippen LogP contribution in [-0.2, 0) is 6.54 Å². The van der Waals surface area contributed by atoms with Crippen LogP contribution in [0.25, 0.3) is 0 Å². The van der Waals surface area contributed by atoms with Crippen LogP contribution in [0.4, 0.5) is 0 Å². The Balaban J connectivity index is 2.09. The van der Waals surface area contributed by atoms with Gasteiger partial charge in [-0.2, -0.15) is 0 Å². The fraction of sp³-hybridized carbons (Fsp3) is 0.462. The van der Waals surface area contributed by atoms with E-state index in [-0.39, 0.29) is 11.9 Å². The number of nitrogens with zero attached hydrogens (tertiary/aromatic N) is 2. The number of nitrogens with two attached hydrogens (primary N) is 1. The van der Waals surface area contributed by atoms with Gasteiger partial charge in [0.25, 0.3) is 0 Å². The highest BCUT2D eigenvalue weighted by Crippen LogP contribution is 2.16. The highest BCUT2D eigenvalue weighted by atomic mass is 16.4. The number of piperidine rings is 1. The number of benzene rings is 1. The van der Waals surface area contributed by atoms with Gasteiger partial charge in [0.15, 0.2) is 5.84 Å². The molecule has 5 nitrogen and oxygen atoms in total. The highest BCUT2D eigenvalue weighted by molar-refractivity contribution is 5.98. The molecule has 1 saturated heterocycles. The van der Waals surface area contributed by atoms with Crippen LogP contribution in [0.3, 0.4) is 0 Å². The molecule has 0 bridgehead atoms. The molecule has 2 rings (SSSR count). The lowest BCUT2D eigenvalue weighted by atomic mass is 10.0. The predicted octanol–water partition coefficient (Wildman–Crippen LogP) is 0.738. The number of hydrogen-bond acceptors (Lipinski definition) is 4. The maximum atomic E-state index is 9.48. The average molecular weight is 249 g/mol. The van der Waals surface area contributed by atoms with Crippen molar-refractivity contribution in [3.63, 3.8) is 0 Å². The van der Waals surface area contributed by atoms with Crippen LogP contribution in [0.15, 0.2) is 29.4 Å². The van der Waals surface area contributed by atoms with Crippen molar-refractivity contribution in [2.75, 3.05) is 13.1 Å². The number of oxime groups is 1. The Bertz CT molecular complexity index is 426. The van der Waals surface area contributed by atoms with Crippen LogP contribution in [-0.4, -0.2) is 40.2 Å². The van der Waals surface area contributed by atoms with Crippen LogP contribution in [0.2, 0.25) is 0 Å². The maximum Gasteiger partial charge on any atom is 0.170 e. The van der Waals surface area contributed by atoms with Gasteiger partial charge in [-0.15, -0.1) is 0 Å². The zero-order valence-corrected chi connectivity index (χ0v) is 10.3. The Labute approximate surface area is 107 Å². The van der Waals surface area contributed by atoms with Gasteiger partial charge >= 0.3 is 0 Å². The van der Waals surface area contributed by atoms with E-state index in [9.17, 15) is 5.11 Å². The number of likely N-dealkylation sites (tertiary alicyclic amines) is 1. The molecule has 1 heterocycles. The van der Waals surface area contributed by atoms with Gasteiger partial charge in [0, 0.05) is 25.2 Å². The molecule has 0 atom stereocenters. The first-order valence-electron chi connectivity index (χ1n) is 6.17. The second-order valence-corrected chi connectivity index (χ2v) is 4.65. The first kappa shape index (κ1) is 12.9. The lowest BCUT2D eigenvalue weighted by Gasteiger charge is -2.29. The van der Waals surface area contributed by atoms with E-state index < -0.39 is 0 Å². The summed E-state index contributed by atoms with van der Waals surface area (Å²) < 4.78 is 0. The Morgan fingerprint density at radius 3 is 2.67 bits per heavy atom. The lowest BCUT2D eigenvalue weighted by Crippen LogP contribution is -2.35. The molecule has 0 saturated carbocycles. The van der Waals surface area contributed by atoms with Gasteiger partial charge in [-0.3, -0.25) is 4.90 Å². The second-order valence-electron chi connectivity index (χ2n) is 4.65. The van der Waals surface area contributed by atoms with E-state index in [4.69, 9.17) is 10.9 Å². The molecule has 1 aliphatic rings. The number of amidine groups is 1. The third-order valence-corrected chi connectivity index (χ3v) is 3.35. The van der Waals surface area contributed by atoms with Crippen LogP contribution in [0.1, 0.15) is 24.0 Å². The van der Waals surface area contributed by atoms with Crippen LogP contribution in [0.5, 0.6) is 0 Å². The van der Waals surface area contributed by atoms with Crippen molar-refractivity contribution >= 4 is 5.84 Å². The Hall–Kier alpha value is -1.59. The summed E-state index contributed by atoms with van der Waals surface area (Å²) in [7, 11) is 0. The summed E-state index contributed by atoms with van der Waals surface area (Å²) in [5, 5.41) is 21.3. The fourth-order valence-electron chi connectivity index (χ4n) is 2.28. The monoisotopic (exact) mass is 249 g/mol. The molecule has 0 spiro atoms. The molecule has 0 amide bonds. The van der Waals surface area contributed by atoms with E-state index in [1.54, 1.807) is 0 Å². The summed E-state index contributed by atoms with van der Waals surface area (Å²) in [4.78, 5) is 2.27.